The first-order valence-corrected chi connectivity index (χ1v) is 4.15. The average molecular weight is 266 g/mol. The highest BCUT2D eigenvalue weighted by molar-refractivity contribution is 9.10. The van der Waals surface area contributed by atoms with Crippen molar-refractivity contribution >= 4 is 15.9 Å². The normalized spacial score (nSPS) is 11.1. The second-order valence-electron chi connectivity index (χ2n) is 2.46. The quantitative estimate of drug-likeness (QED) is 0.784. The fraction of sp³-hybridized carbons (Fsp3) is 0.125. The number of hydrogen-bond donors (Lipinski definition) is 1. The van der Waals surface area contributed by atoms with Gasteiger partial charge in [0.2, 0.25) is 0 Å². The number of phenolic OH excluding ortho intramolecular Hbond substituents is 1. The molecule has 74 valence electrons. The van der Waals surface area contributed by atoms with Gasteiger partial charge in [-0.15, -0.1) is 0 Å². The smallest absolute Gasteiger partial charge is 0.420 e. The molecular formula is C8H3BrF3NO. The third-order valence-electron chi connectivity index (χ3n) is 1.51. The van der Waals surface area contributed by atoms with E-state index in [1.54, 1.807) is 6.07 Å². The van der Waals surface area contributed by atoms with Gasteiger partial charge < -0.3 is 5.11 Å². The van der Waals surface area contributed by atoms with Crippen molar-refractivity contribution in [3.8, 4) is 11.8 Å². The van der Waals surface area contributed by atoms with Crippen LogP contribution in [-0.4, -0.2) is 5.11 Å². The molecule has 0 fully saturated rings. The maximum atomic E-state index is 12.2. The fourth-order valence-corrected chi connectivity index (χ4v) is 1.30. The molecule has 0 spiro atoms. The minimum Gasteiger partial charge on any atom is -0.507 e. The molecule has 6 heteroatoms. The monoisotopic (exact) mass is 265 g/mol. The SMILES string of the molecule is N#Cc1cc(C(F)(F)F)c(O)cc1Br. The van der Waals surface area contributed by atoms with Crippen LogP contribution in [0.3, 0.4) is 0 Å². The molecule has 1 N–H and O–H groups in total. The molecule has 14 heavy (non-hydrogen) atoms. The zero-order valence-corrected chi connectivity index (χ0v) is 8.15. The summed E-state index contributed by atoms with van der Waals surface area (Å²) in [4.78, 5) is 0. The number of nitrogens with zero attached hydrogens (tertiary/aromatic N) is 1. The number of hydrogen-bond acceptors (Lipinski definition) is 2. The van der Waals surface area contributed by atoms with Crippen molar-refractivity contribution in [3.63, 3.8) is 0 Å². The van der Waals surface area contributed by atoms with Gasteiger partial charge in [0.1, 0.15) is 11.8 Å². The first kappa shape index (κ1) is 10.9. The Labute approximate surface area is 85.7 Å². The summed E-state index contributed by atoms with van der Waals surface area (Å²) in [6.45, 7) is 0. The maximum absolute atomic E-state index is 12.2. The van der Waals surface area contributed by atoms with Gasteiger partial charge in [0.05, 0.1) is 11.1 Å². The molecule has 2 nitrogen and oxygen atoms in total. The molecule has 0 aromatic heterocycles. The summed E-state index contributed by atoms with van der Waals surface area (Å²) in [6.07, 6.45) is -4.66. The van der Waals surface area contributed by atoms with Crippen LogP contribution >= 0.6 is 15.9 Å². The van der Waals surface area contributed by atoms with E-state index in [1.807, 2.05) is 0 Å². The van der Waals surface area contributed by atoms with E-state index in [-0.39, 0.29) is 10.0 Å². The maximum Gasteiger partial charge on any atom is 0.420 e. The van der Waals surface area contributed by atoms with Crippen LogP contribution in [0.15, 0.2) is 16.6 Å². The van der Waals surface area contributed by atoms with E-state index >= 15 is 0 Å². The van der Waals surface area contributed by atoms with Gasteiger partial charge in [-0.1, -0.05) is 0 Å². The number of phenols is 1. The zero-order valence-electron chi connectivity index (χ0n) is 6.56. The molecular weight excluding hydrogens is 263 g/mol. The predicted molar refractivity (Wildman–Crippen MR) is 45.5 cm³/mol. The van der Waals surface area contributed by atoms with Gasteiger partial charge in [0.25, 0.3) is 0 Å². The minimum absolute atomic E-state index is 0.130. The second kappa shape index (κ2) is 3.50. The molecule has 0 bridgehead atoms. The van der Waals surface area contributed by atoms with E-state index in [1.165, 1.54) is 0 Å². The second-order valence-corrected chi connectivity index (χ2v) is 3.31. The summed E-state index contributed by atoms with van der Waals surface area (Å²) in [5.41, 5.74) is -1.38. The lowest BCUT2D eigenvalue weighted by Gasteiger charge is -2.09. The Hall–Kier alpha value is -1.22. The largest absolute Gasteiger partial charge is 0.507 e. The molecule has 0 aliphatic carbocycles. The third-order valence-corrected chi connectivity index (χ3v) is 2.17. The molecule has 0 aliphatic heterocycles. The topological polar surface area (TPSA) is 44.0 Å². The van der Waals surface area contributed by atoms with E-state index < -0.39 is 17.5 Å². The van der Waals surface area contributed by atoms with Crippen LogP contribution in [0.4, 0.5) is 13.2 Å². The highest BCUT2D eigenvalue weighted by Crippen LogP contribution is 2.38. The molecule has 0 saturated carbocycles. The van der Waals surface area contributed by atoms with Crippen molar-refractivity contribution < 1.29 is 18.3 Å². The summed E-state index contributed by atoms with van der Waals surface area (Å²) < 4.78 is 36.8. The number of alkyl halides is 3. The highest BCUT2D eigenvalue weighted by Gasteiger charge is 2.34. The Kier molecular flexibility index (Phi) is 2.71. The van der Waals surface area contributed by atoms with Gasteiger partial charge in [-0.3, -0.25) is 0 Å². The summed E-state index contributed by atoms with van der Waals surface area (Å²) >= 11 is 2.86. The van der Waals surface area contributed by atoms with Crippen molar-refractivity contribution in [3.05, 3.63) is 27.7 Å². The van der Waals surface area contributed by atoms with E-state index in [0.717, 1.165) is 6.07 Å². The summed E-state index contributed by atoms with van der Waals surface area (Å²) in [5, 5.41) is 17.5. The lowest BCUT2D eigenvalue weighted by molar-refractivity contribution is -0.138. The van der Waals surface area contributed by atoms with Crippen molar-refractivity contribution in [1.82, 2.24) is 0 Å². The van der Waals surface area contributed by atoms with Gasteiger partial charge in [0, 0.05) is 4.47 Å². The highest BCUT2D eigenvalue weighted by atomic mass is 79.9. The molecule has 0 unspecified atom stereocenters. The van der Waals surface area contributed by atoms with E-state index in [2.05, 4.69) is 15.9 Å². The molecule has 1 aromatic carbocycles. The van der Waals surface area contributed by atoms with Crippen molar-refractivity contribution in [1.29, 1.82) is 5.26 Å². The average Bonchev–Trinajstić information content (AvgIpc) is 2.02. The predicted octanol–water partition coefficient (Wildman–Crippen LogP) is 3.05. The Morgan fingerprint density at radius 2 is 1.93 bits per heavy atom. The third kappa shape index (κ3) is 1.99. The van der Waals surface area contributed by atoms with Gasteiger partial charge in [-0.25, -0.2) is 0 Å². The molecule has 1 rings (SSSR count). The fourth-order valence-electron chi connectivity index (χ4n) is 0.875. The van der Waals surface area contributed by atoms with Crippen LogP contribution in [0.25, 0.3) is 0 Å². The zero-order chi connectivity index (χ0) is 10.9. The molecule has 0 saturated heterocycles. The van der Waals surface area contributed by atoms with Gasteiger partial charge in [-0.2, -0.15) is 18.4 Å². The van der Waals surface area contributed by atoms with Crippen molar-refractivity contribution in [2.24, 2.45) is 0 Å². The molecule has 0 heterocycles. The summed E-state index contributed by atoms with van der Waals surface area (Å²) in [7, 11) is 0. The first-order chi connectivity index (χ1) is 6.36. The Balaban J connectivity index is 3.41. The summed E-state index contributed by atoms with van der Waals surface area (Å²) in [6, 6.07) is 3.02. The molecule has 0 amide bonds. The van der Waals surface area contributed by atoms with Crippen LogP contribution in [0.1, 0.15) is 11.1 Å². The van der Waals surface area contributed by atoms with E-state index in [4.69, 9.17) is 10.4 Å². The van der Waals surface area contributed by atoms with Crippen LogP contribution < -0.4 is 0 Å². The Morgan fingerprint density at radius 3 is 2.36 bits per heavy atom. The standard InChI is InChI=1S/C8H3BrF3NO/c9-6-2-7(14)5(8(10,11)12)1-4(6)3-13/h1-2,14H. The van der Waals surface area contributed by atoms with Gasteiger partial charge in [-0.05, 0) is 28.1 Å². The summed E-state index contributed by atoms with van der Waals surface area (Å²) in [5.74, 6) is -0.900. The van der Waals surface area contributed by atoms with Crippen LogP contribution in [0.2, 0.25) is 0 Å². The number of nitriles is 1. The van der Waals surface area contributed by atoms with Crippen LogP contribution in [-0.2, 0) is 6.18 Å². The number of halogens is 4. The number of rotatable bonds is 0. The Morgan fingerprint density at radius 1 is 1.36 bits per heavy atom. The lowest BCUT2D eigenvalue weighted by atomic mass is 10.1. The number of benzene rings is 1. The van der Waals surface area contributed by atoms with E-state index in [0.29, 0.717) is 6.07 Å². The van der Waals surface area contributed by atoms with Crippen molar-refractivity contribution in [2.45, 2.75) is 6.18 Å². The van der Waals surface area contributed by atoms with Crippen LogP contribution in [0, 0.1) is 11.3 Å². The van der Waals surface area contributed by atoms with Gasteiger partial charge >= 0.3 is 6.18 Å². The minimum atomic E-state index is -4.66. The van der Waals surface area contributed by atoms with Gasteiger partial charge in [0.15, 0.2) is 0 Å². The van der Waals surface area contributed by atoms with Crippen LogP contribution in [0.5, 0.6) is 5.75 Å². The Bertz CT molecular complexity index is 408. The molecule has 0 atom stereocenters. The molecule has 1 aromatic rings. The molecule has 0 aliphatic rings. The van der Waals surface area contributed by atoms with Crippen molar-refractivity contribution in [2.75, 3.05) is 0 Å². The lowest BCUT2D eigenvalue weighted by Crippen LogP contribution is -2.05. The molecule has 0 radical (unpaired) electrons. The first-order valence-electron chi connectivity index (χ1n) is 3.36. The van der Waals surface area contributed by atoms with E-state index in [9.17, 15) is 13.2 Å². The number of aromatic hydroxyl groups is 1.